The molecule has 184 valence electrons. The molecule has 0 bridgehead atoms. The van der Waals surface area contributed by atoms with E-state index in [0.29, 0.717) is 44.9 Å². The van der Waals surface area contributed by atoms with Crippen LogP contribution in [0.1, 0.15) is 28.8 Å². The molecular formula is C24H30FN3O5S. The number of carbonyl (C=O) groups is 1. The molecule has 0 saturated carbocycles. The first-order chi connectivity index (χ1) is 16.4. The van der Waals surface area contributed by atoms with Crippen LogP contribution >= 0.6 is 0 Å². The lowest BCUT2D eigenvalue weighted by Gasteiger charge is -2.34. The standard InChI is InChI=1S/C24H30FN3O5S/c1-32-23-9-4-18(15-22(23)25)17-27-10-12-28(13-11-27)24(29)19-5-7-21(8-6-19)34(30,31)26-16-20-3-2-14-33-20/h4-9,15,20,26H,2-3,10-14,16-17H2,1H3/t20-/m1/s1. The van der Waals surface area contributed by atoms with Gasteiger partial charge in [-0.3, -0.25) is 9.69 Å². The van der Waals surface area contributed by atoms with E-state index in [4.69, 9.17) is 9.47 Å². The van der Waals surface area contributed by atoms with Crippen molar-refractivity contribution in [3.8, 4) is 5.75 Å². The number of methoxy groups -OCH3 is 1. The van der Waals surface area contributed by atoms with Crippen molar-refractivity contribution in [1.82, 2.24) is 14.5 Å². The van der Waals surface area contributed by atoms with E-state index in [9.17, 15) is 17.6 Å². The van der Waals surface area contributed by atoms with Crippen LogP contribution in [0.15, 0.2) is 47.4 Å². The first-order valence-corrected chi connectivity index (χ1v) is 12.9. The van der Waals surface area contributed by atoms with Crippen LogP contribution in [0.25, 0.3) is 0 Å². The number of benzene rings is 2. The van der Waals surface area contributed by atoms with Crippen molar-refractivity contribution in [2.75, 3.05) is 46.4 Å². The van der Waals surface area contributed by atoms with Gasteiger partial charge >= 0.3 is 0 Å². The van der Waals surface area contributed by atoms with E-state index in [-0.39, 0.29) is 35.0 Å². The molecule has 2 aromatic carbocycles. The summed E-state index contributed by atoms with van der Waals surface area (Å²) >= 11 is 0. The number of sulfonamides is 1. The summed E-state index contributed by atoms with van der Waals surface area (Å²) in [6.45, 7) is 3.92. The number of rotatable bonds is 8. The Morgan fingerprint density at radius 1 is 1.15 bits per heavy atom. The summed E-state index contributed by atoms with van der Waals surface area (Å²) in [6.07, 6.45) is 1.70. The number of piperazine rings is 1. The summed E-state index contributed by atoms with van der Waals surface area (Å²) in [4.78, 5) is 16.9. The summed E-state index contributed by atoms with van der Waals surface area (Å²) in [5, 5.41) is 0. The van der Waals surface area contributed by atoms with E-state index < -0.39 is 10.0 Å². The number of amides is 1. The zero-order valence-corrected chi connectivity index (χ0v) is 20.0. The predicted octanol–water partition coefficient (Wildman–Crippen LogP) is 2.25. The summed E-state index contributed by atoms with van der Waals surface area (Å²) in [6, 6.07) is 10.9. The highest BCUT2D eigenvalue weighted by molar-refractivity contribution is 7.89. The SMILES string of the molecule is COc1ccc(CN2CCN(C(=O)c3ccc(S(=O)(=O)NC[C@H]4CCCO4)cc3)CC2)cc1F. The van der Waals surface area contributed by atoms with Gasteiger partial charge in [0.15, 0.2) is 11.6 Å². The summed E-state index contributed by atoms with van der Waals surface area (Å²) in [5.41, 5.74) is 1.30. The third-order valence-corrected chi connectivity index (χ3v) is 7.66. The van der Waals surface area contributed by atoms with Crippen molar-refractivity contribution in [3.63, 3.8) is 0 Å². The summed E-state index contributed by atoms with van der Waals surface area (Å²) < 4.78 is 52.0. The Kier molecular flexibility index (Phi) is 7.82. The lowest BCUT2D eigenvalue weighted by Crippen LogP contribution is -2.48. The summed E-state index contributed by atoms with van der Waals surface area (Å²) in [5.74, 6) is -0.302. The van der Waals surface area contributed by atoms with E-state index in [0.717, 1.165) is 18.4 Å². The highest BCUT2D eigenvalue weighted by Crippen LogP contribution is 2.20. The molecule has 8 nitrogen and oxygen atoms in total. The van der Waals surface area contributed by atoms with E-state index in [1.54, 1.807) is 23.1 Å². The highest BCUT2D eigenvalue weighted by atomic mass is 32.2. The molecule has 2 aromatic rings. The first-order valence-electron chi connectivity index (χ1n) is 11.4. The molecule has 0 aliphatic carbocycles. The van der Waals surface area contributed by atoms with Crippen LogP contribution in [-0.2, 0) is 21.3 Å². The second kappa shape index (κ2) is 10.8. The monoisotopic (exact) mass is 491 g/mol. The van der Waals surface area contributed by atoms with Gasteiger partial charge in [0, 0.05) is 51.4 Å². The lowest BCUT2D eigenvalue weighted by atomic mass is 10.1. The fourth-order valence-corrected chi connectivity index (χ4v) is 5.29. The molecule has 4 rings (SSSR count). The smallest absolute Gasteiger partial charge is 0.253 e. The molecule has 0 unspecified atom stereocenters. The molecule has 10 heteroatoms. The van der Waals surface area contributed by atoms with E-state index in [1.807, 2.05) is 6.07 Å². The predicted molar refractivity (Wildman–Crippen MR) is 125 cm³/mol. The van der Waals surface area contributed by atoms with E-state index in [1.165, 1.54) is 25.3 Å². The van der Waals surface area contributed by atoms with Crippen molar-refractivity contribution in [3.05, 3.63) is 59.4 Å². The van der Waals surface area contributed by atoms with Crippen LogP contribution in [0.2, 0.25) is 0 Å². The largest absolute Gasteiger partial charge is 0.494 e. The third-order valence-electron chi connectivity index (χ3n) is 6.22. The minimum absolute atomic E-state index is 0.0852. The van der Waals surface area contributed by atoms with Crippen LogP contribution in [0.4, 0.5) is 4.39 Å². The molecular weight excluding hydrogens is 461 g/mol. The molecule has 34 heavy (non-hydrogen) atoms. The van der Waals surface area contributed by atoms with Crippen molar-refractivity contribution < 1.29 is 27.1 Å². The second-order valence-electron chi connectivity index (χ2n) is 8.55. The molecule has 1 N–H and O–H groups in total. The molecule has 2 heterocycles. The quantitative estimate of drug-likeness (QED) is 0.610. The van der Waals surface area contributed by atoms with Crippen molar-refractivity contribution >= 4 is 15.9 Å². The summed E-state index contributed by atoms with van der Waals surface area (Å²) in [7, 11) is -2.22. The van der Waals surface area contributed by atoms with E-state index in [2.05, 4.69) is 9.62 Å². The minimum Gasteiger partial charge on any atom is -0.494 e. The van der Waals surface area contributed by atoms with Gasteiger partial charge in [-0.2, -0.15) is 0 Å². The second-order valence-corrected chi connectivity index (χ2v) is 10.3. The fraction of sp³-hybridized carbons (Fsp3) is 0.458. The van der Waals surface area contributed by atoms with Gasteiger partial charge in [0.25, 0.3) is 5.91 Å². The van der Waals surface area contributed by atoms with Gasteiger partial charge in [-0.15, -0.1) is 0 Å². The van der Waals surface area contributed by atoms with Gasteiger partial charge in [-0.1, -0.05) is 6.07 Å². The van der Waals surface area contributed by atoms with Crippen molar-refractivity contribution in [2.45, 2.75) is 30.4 Å². The Hall–Kier alpha value is -2.53. The Bertz CT molecular complexity index is 1100. The topological polar surface area (TPSA) is 88.2 Å². The van der Waals surface area contributed by atoms with Gasteiger partial charge in [0.1, 0.15) is 0 Å². The molecule has 2 aliphatic heterocycles. The highest BCUT2D eigenvalue weighted by Gasteiger charge is 2.24. The number of nitrogens with one attached hydrogen (secondary N) is 1. The maximum absolute atomic E-state index is 13.9. The molecule has 1 atom stereocenters. The van der Waals surface area contributed by atoms with Crippen LogP contribution in [0.3, 0.4) is 0 Å². The first kappa shape index (κ1) is 24.6. The Balaban J connectivity index is 1.29. The Morgan fingerprint density at radius 2 is 1.88 bits per heavy atom. The number of hydrogen-bond donors (Lipinski definition) is 1. The fourth-order valence-electron chi connectivity index (χ4n) is 4.23. The maximum Gasteiger partial charge on any atom is 0.253 e. The maximum atomic E-state index is 13.9. The average molecular weight is 492 g/mol. The van der Waals surface area contributed by atoms with Crippen LogP contribution in [0, 0.1) is 5.82 Å². The zero-order valence-electron chi connectivity index (χ0n) is 19.2. The minimum atomic E-state index is -3.66. The number of carbonyl (C=O) groups excluding carboxylic acids is 1. The Morgan fingerprint density at radius 3 is 2.50 bits per heavy atom. The molecule has 1 amide bonds. The number of halogens is 1. The lowest BCUT2D eigenvalue weighted by molar-refractivity contribution is 0.0628. The van der Waals surface area contributed by atoms with E-state index >= 15 is 0 Å². The number of nitrogens with zero attached hydrogens (tertiary/aromatic N) is 2. The van der Waals surface area contributed by atoms with Crippen LogP contribution < -0.4 is 9.46 Å². The Labute approximate surface area is 199 Å². The molecule has 2 fully saturated rings. The van der Waals surface area contributed by atoms with Crippen LogP contribution in [0.5, 0.6) is 5.75 Å². The van der Waals surface area contributed by atoms with Gasteiger partial charge in [-0.25, -0.2) is 17.5 Å². The number of hydrogen-bond acceptors (Lipinski definition) is 6. The number of ether oxygens (including phenoxy) is 2. The molecule has 0 radical (unpaired) electrons. The molecule has 2 saturated heterocycles. The average Bonchev–Trinajstić information content (AvgIpc) is 3.37. The van der Waals surface area contributed by atoms with Crippen LogP contribution in [-0.4, -0.2) is 76.7 Å². The van der Waals surface area contributed by atoms with Gasteiger partial charge < -0.3 is 14.4 Å². The van der Waals surface area contributed by atoms with Gasteiger partial charge in [0.05, 0.1) is 18.1 Å². The molecule has 2 aliphatic rings. The van der Waals surface area contributed by atoms with Crippen molar-refractivity contribution in [1.29, 1.82) is 0 Å². The third kappa shape index (κ3) is 5.93. The normalized spacial score (nSPS) is 19.4. The molecule has 0 aromatic heterocycles. The van der Waals surface area contributed by atoms with Gasteiger partial charge in [-0.05, 0) is 54.8 Å². The zero-order chi connectivity index (χ0) is 24.1. The molecule has 0 spiro atoms. The van der Waals surface area contributed by atoms with Gasteiger partial charge in [0.2, 0.25) is 10.0 Å². The van der Waals surface area contributed by atoms with Crippen molar-refractivity contribution in [2.24, 2.45) is 0 Å².